The van der Waals surface area contributed by atoms with Crippen molar-refractivity contribution in [3.63, 3.8) is 0 Å². The number of phenolic OH excluding ortho intramolecular Hbond substituents is 1. The Morgan fingerprint density at radius 2 is 2.29 bits per heavy atom. The molecular weight excluding hydrogens is 232 g/mol. The summed E-state index contributed by atoms with van der Waals surface area (Å²) in [7, 11) is 2.11. The summed E-state index contributed by atoms with van der Waals surface area (Å²) >= 11 is 1.69. The molecule has 1 heterocycles. The lowest BCUT2D eigenvalue weighted by atomic mass is 9.99. The summed E-state index contributed by atoms with van der Waals surface area (Å²) in [4.78, 5) is 3.46. The van der Waals surface area contributed by atoms with Crippen LogP contribution < -0.4 is 5.73 Å². The minimum atomic E-state index is 0.298. The fourth-order valence-corrected chi connectivity index (χ4v) is 3.33. The van der Waals surface area contributed by atoms with Gasteiger partial charge in [-0.25, -0.2) is 0 Å². The van der Waals surface area contributed by atoms with Crippen molar-refractivity contribution in [1.82, 2.24) is 4.90 Å². The molecule has 0 radical (unpaired) electrons. The van der Waals surface area contributed by atoms with Crippen molar-refractivity contribution in [3.05, 3.63) is 23.8 Å². The van der Waals surface area contributed by atoms with E-state index in [0.29, 0.717) is 17.7 Å². The normalized spacial score (nSPS) is 25.4. The Morgan fingerprint density at radius 1 is 1.53 bits per heavy atom. The van der Waals surface area contributed by atoms with Gasteiger partial charge in [0.2, 0.25) is 0 Å². The SMILES string of the molecule is CSc1cccc(O)c1C1CC(CN)CN1C. The number of hydrogen-bond donors (Lipinski definition) is 2. The molecule has 1 saturated heterocycles. The topological polar surface area (TPSA) is 49.5 Å². The zero-order chi connectivity index (χ0) is 12.4. The minimum Gasteiger partial charge on any atom is -0.508 e. The maximum atomic E-state index is 10.1. The fourth-order valence-electron chi connectivity index (χ4n) is 2.66. The molecule has 0 amide bonds. The number of aromatic hydroxyl groups is 1. The van der Waals surface area contributed by atoms with Crippen LogP contribution in [-0.4, -0.2) is 36.4 Å². The van der Waals surface area contributed by atoms with E-state index in [1.165, 1.54) is 4.90 Å². The Bertz CT molecular complexity index is 397. The van der Waals surface area contributed by atoms with Crippen LogP contribution in [0.2, 0.25) is 0 Å². The van der Waals surface area contributed by atoms with Gasteiger partial charge in [-0.3, -0.25) is 4.90 Å². The Kier molecular flexibility index (Phi) is 3.97. The van der Waals surface area contributed by atoms with Gasteiger partial charge in [0.1, 0.15) is 5.75 Å². The van der Waals surface area contributed by atoms with E-state index in [0.717, 1.165) is 25.1 Å². The van der Waals surface area contributed by atoms with Crippen LogP contribution in [-0.2, 0) is 0 Å². The molecule has 1 aromatic carbocycles. The van der Waals surface area contributed by atoms with Gasteiger partial charge in [0, 0.05) is 23.0 Å². The lowest BCUT2D eigenvalue weighted by Crippen LogP contribution is -2.20. The number of thioether (sulfide) groups is 1. The van der Waals surface area contributed by atoms with Gasteiger partial charge in [-0.05, 0) is 44.3 Å². The summed E-state index contributed by atoms with van der Waals surface area (Å²) in [6.45, 7) is 1.74. The zero-order valence-electron chi connectivity index (χ0n) is 10.4. The van der Waals surface area contributed by atoms with Crippen molar-refractivity contribution in [1.29, 1.82) is 0 Å². The first-order chi connectivity index (χ1) is 8.17. The molecule has 94 valence electrons. The third kappa shape index (κ3) is 2.44. The molecule has 1 aromatic rings. The lowest BCUT2D eigenvalue weighted by molar-refractivity contribution is 0.302. The Hall–Kier alpha value is -0.710. The molecule has 2 rings (SSSR count). The molecule has 17 heavy (non-hydrogen) atoms. The first kappa shape index (κ1) is 12.7. The molecule has 0 aromatic heterocycles. The van der Waals surface area contributed by atoms with Crippen molar-refractivity contribution in [2.24, 2.45) is 11.7 Å². The molecule has 0 aliphatic carbocycles. The van der Waals surface area contributed by atoms with Crippen LogP contribution in [0.5, 0.6) is 5.75 Å². The van der Waals surface area contributed by atoms with Crippen LogP contribution in [0.3, 0.4) is 0 Å². The molecule has 2 atom stereocenters. The molecule has 4 heteroatoms. The van der Waals surface area contributed by atoms with Crippen LogP contribution in [0.1, 0.15) is 18.0 Å². The van der Waals surface area contributed by atoms with Gasteiger partial charge in [-0.1, -0.05) is 6.07 Å². The Balaban J connectivity index is 2.34. The van der Waals surface area contributed by atoms with E-state index in [1.54, 1.807) is 17.8 Å². The highest BCUT2D eigenvalue weighted by Gasteiger charge is 2.32. The maximum Gasteiger partial charge on any atom is 0.121 e. The molecule has 0 bridgehead atoms. The minimum absolute atomic E-state index is 0.298. The van der Waals surface area contributed by atoms with Gasteiger partial charge < -0.3 is 10.8 Å². The molecule has 2 unspecified atom stereocenters. The number of benzene rings is 1. The molecule has 1 fully saturated rings. The number of rotatable bonds is 3. The summed E-state index contributed by atoms with van der Waals surface area (Å²) < 4.78 is 0. The number of nitrogens with zero attached hydrogens (tertiary/aromatic N) is 1. The zero-order valence-corrected chi connectivity index (χ0v) is 11.2. The van der Waals surface area contributed by atoms with E-state index in [9.17, 15) is 5.11 Å². The molecule has 3 N–H and O–H groups in total. The second-order valence-corrected chi connectivity index (χ2v) is 5.53. The molecule has 0 saturated carbocycles. The second-order valence-electron chi connectivity index (χ2n) is 4.69. The summed E-state index contributed by atoms with van der Waals surface area (Å²) in [6, 6.07) is 6.05. The monoisotopic (exact) mass is 252 g/mol. The Labute approximate surface area is 107 Å². The predicted octanol–water partition coefficient (Wildman–Crippen LogP) is 2.07. The maximum absolute atomic E-state index is 10.1. The third-order valence-electron chi connectivity index (χ3n) is 3.56. The van der Waals surface area contributed by atoms with Crippen LogP contribution >= 0.6 is 11.8 Å². The number of nitrogens with two attached hydrogens (primary N) is 1. The fraction of sp³-hybridized carbons (Fsp3) is 0.538. The van der Waals surface area contributed by atoms with Crippen LogP contribution in [0.4, 0.5) is 0 Å². The molecule has 3 nitrogen and oxygen atoms in total. The van der Waals surface area contributed by atoms with Crippen LogP contribution in [0, 0.1) is 5.92 Å². The number of likely N-dealkylation sites (tertiary alicyclic amines) is 1. The second kappa shape index (κ2) is 5.29. The van der Waals surface area contributed by atoms with Gasteiger partial charge in [0.25, 0.3) is 0 Å². The smallest absolute Gasteiger partial charge is 0.121 e. The van der Waals surface area contributed by atoms with Gasteiger partial charge in [-0.2, -0.15) is 0 Å². The van der Waals surface area contributed by atoms with E-state index < -0.39 is 0 Å². The standard InChI is InChI=1S/C13H20N2OS/c1-15-8-9(7-14)6-10(15)13-11(16)4-3-5-12(13)17-2/h3-5,9-10,16H,6-8,14H2,1-2H3. The van der Waals surface area contributed by atoms with Crippen molar-refractivity contribution in [2.75, 3.05) is 26.4 Å². The van der Waals surface area contributed by atoms with Crippen LogP contribution in [0.15, 0.2) is 23.1 Å². The molecule has 1 aliphatic rings. The molecule has 1 aliphatic heterocycles. The van der Waals surface area contributed by atoms with E-state index in [2.05, 4.69) is 18.0 Å². The summed E-state index contributed by atoms with van der Waals surface area (Å²) in [5.74, 6) is 0.950. The summed E-state index contributed by atoms with van der Waals surface area (Å²) in [5, 5.41) is 10.1. The molecule has 0 spiro atoms. The average molecular weight is 252 g/mol. The van der Waals surface area contributed by atoms with Gasteiger partial charge in [-0.15, -0.1) is 11.8 Å². The largest absolute Gasteiger partial charge is 0.508 e. The first-order valence-electron chi connectivity index (χ1n) is 5.93. The van der Waals surface area contributed by atoms with Gasteiger partial charge in [0.05, 0.1) is 0 Å². The highest BCUT2D eigenvalue weighted by atomic mass is 32.2. The van der Waals surface area contributed by atoms with Crippen molar-refractivity contribution < 1.29 is 5.11 Å². The average Bonchev–Trinajstić information content (AvgIpc) is 2.70. The van der Waals surface area contributed by atoms with Crippen molar-refractivity contribution >= 4 is 11.8 Å². The number of hydrogen-bond acceptors (Lipinski definition) is 4. The van der Waals surface area contributed by atoms with E-state index in [4.69, 9.17) is 5.73 Å². The van der Waals surface area contributed by atoms with Gasteiger partial charge in [0.15, 0.2) is 0 Å². The van der Waals surface area contributed by atoms with Crippen LogP contribution in [0.25, 0.3) is 0 Å². The van der Waals surface area contributed by atoms with E-state index in [1.807, 2.05) is 12.3 Å². The lowest BCUT2D eigenvalue weighted by Gasteiger charge is -2.22. The highest BCUT2D eigenvalue weighted by Crippen LogP contribution is 2.42. The predicted molar refractivity (Wildman–Crippen MR) is 72.4 cm³/mol. The summed E-state index contributed by atoms with van der Waals surface area (Å²) in [6.07, 6.45) is 3.09. The highest BCUT2D eigenvalue weighted by molar-refractivity contribution is 7.98. The van der Waals surface area contributed by atoms with E-state index >= 15 is 0 Å². The quantitative estimate of drug-likeness (QED) is 0.809. The summed E-state index contributed by atoms with van der Waals surface area (Å²) in [5.41, 5.74) is 6.82. The van der Waals surface area contributed by atoms with Crippen molar-refractivity contribution in [3.8, 4) is 5.75 Å². The third-order valence-corrected chi connectivity index (χ3v) is 4.36. The Morgan fingerprint density at radius 3 is 2.88 bits per heavy atom. The van der Waals surface area contributed by atoms with E-state index in [-0.39, 0.29) is 0 Å². The van der Waals surface area contributed by atoms with Crippen molar-refractivity contribution in [2.45, 2.75) is 17.4 Å². The first-order valence-corrected chi connectivity index (χ1v) is 7.16. The van der Waals surface area contributed by atoms with Gasteiger partial charge >= 0.3 is 0 Å². The number of phenols is 1. The molecular formula is C13H20N2OS.